The molecule has 1 fully saturated rings. The first kappa shape index (κ1) is 22.1. The van der Waals surface area contributed by atoms with Gasteiger partial charge in [-0.2, -0.15) is 0 Å². The van der Waals surface area contributed by atoms with Gasteiger partial charge in [0.2, 0.25) is 0 Å². The van der Waals surface area contributed by atoms with E-state index in [1.807, 2.05) is 20.8 Å². The van der Waals surface area contributed by atoms with E-state index in [2.05, 4.69) is 4.98 Å². The summed E-state index contributed by atoms with van der Waals surface area (Å²) < 4.78 is 5.64. The number of aliphatic hydroxyl groups excluding tert-OH is 1. The summed E-state index contributed by atoms with van der Waals surface area (Å²) in [6.07, 6.45) is 1.53. The minimum absolute atomic E-state index is 0.0130. The van der Waals surface area contributed by atoms with E-state index in [1.165, 1.54) is 11.0 Å². The lowest BCUT2D eigenvalue weighted by Crippen LogP contribution is -2.30. The van der Waals surface area contributed by atoms with Crippen molar-refractivity contribution < 1.29 is 24.5 Å². The maximum Gasteiger partial charge on any atom is 0.300 e. The molecule has 3 aromatic rings. The number of anilines is 1. The van der Waals surface area contributed by atoms with Crippen molar-refractivity contribution in [2.45, 2.75) is 32.9 Å². The minimum atomic E-state index is -1.01. The molecule has 2 N–H and O–H groups in total. The van der Waals surface area contributed by atoms with Crippen molar-refractivity contribution in [3.8, 4) is 11.5 Å². The van der Waals surface area contributed by atoms with Crippen molar-refractivity contribution in [3.63, 3.8) is 0 Å². The number of carbonyl (C=O) groups is 2. The first-order valence-electron chi connectivity index (χ1n) is 10.6. The molecule has 7 heteroatoms. The molecule has 7 nitrogen and oxygen atoms in total. The molecule has 0 aliphatic carbocycles. The zero-order valence-corrected chi connectivity index (χ0v) is 18.5. The molecule has 168 valence electrons. The van der Waals surface area contributed by atoms with E-state index in [0.29, 0.717) is 17.0 Å². The first-order valence-corrected chi connectivity index (χ1v) is 10.6. The van der Waals surface area contributed by atoms with Gasteiger partial charge in [0.1, 0.15) is 23.3 Å². The standard InChI is InChI=1S/C26H24N2O5/c1-15(2)33-18-10-8-17(9-11-18)24(30)22-23(19-6-4-5-13-27-19)28(26(32)25(22)31)20-14-16(3)7-12-21(20)29/h4-15,23,29-30H,1-3H3/b24-22+. The number of aromatic nitrogens is 1. The molecular formula is C26H24N2O5. The van der Waals surface area contributed by atoms with E-state index in [1.54, 1.807) is 60.8 Å². The Kier molecular flexibility index (Phi) is 5.87. The second-order valence-corrected chi connectivity index (χ2v) is 8.11. The monoisotopic (exact) mass is 444 g/mol. The number of phenolic OH excluding ortho intramolecular Hbond substituents is 1. The third-order valence-electron chi connectivity index (χ3n) is 5.30. The van der Waals surface area contributed by atoms with E-state index in [-0.39, 0.29) is 28.9 Å². The Morgan fingerprint density at radius 1 is 1.06 bits per heavy atom. The topological polar surface area (TPSA) is 100.0 Å². The number of rotatable bonds is 5. The lowest BCUT2D eigenvalue weighted by molar-refractivity contribution is -0.132. The summed E-state index contributed by atoms with van der Waals surface area (Å²) in [6.45, 7) is 5.63. The number of aliphatic hydroxyl groups is 1. The number of pyridine rings is 1. The number of ketones is 1. The van der Waals surface area contributed by atoms with Gasteiger partial charge in [0.05, 0.1) is 23.1 Å². The Morgan fingerprint density at radius 2 is 1.79 bits per heavy atom. The molecule has 1 unspecified atom stereocenters. The van der Waals surface area contributed by atoms with Crippen molar-refractivity contribution in [1.82, 2.24) is 4.98 Å². The van der Waals surface area contributed by atoms with Crippen molar-refractivity contribution in [2.75, 3.05) is 4.90 Å². The zero-order valence-electron chi connectivity index (χ0n) is 18.5. The largest absolute Gasteiger partial charge is 0.507 e. The average Bonchev–Trinajstić information content (AvgIpc) is 3.06. The minimum Gasteiger partial charge on any atom is -0.507 e. The number of ether oxygens (including phenoxy) is 1. The molecule has 1 saturated heterocycles. The van der Waals surface area contributed by atoms with Gasteiger partial charge in [0, 0.05) is 11.8 Å². The molecule has 1 atom stereocenters. The molecule has 2 aromatic carbocycles. The summed E-state index contributed by atoms with van der Waals surface area (Å²) in [7, 11) is 0. The molecule has 0 spiro atoms. The number of hydrogen-bond acceptors (Lipinski definition) is 6. The van der Waals surface area contributed by atoms with Crippen LogP contribution >= 0.6 is 0 Å². The SMILES string of the molecule is Cc1ccc(O)c(N2C(=O)C(=O)/C(=C(/O)c3ccc(OC(C)C)cc3)C2c2ccccn2)c1. The van der Waals surface area contributed by atoms with Crippen LogP contribution < -0.4 is 9.64 Å². The number of phenols is 1. The third-order valence-corrected chi connectivity index (χ3v) is 5.30. The molecule has 1 aliphatic rings. The Hall–Kier alpha value is -4.13. The van der Waals surface area contributed by atoms with Crippen LogP contribution in [0.4, 0.5) is 5.69 Å². The van der Waals surface area contributed by atoms with E-state index in [0.717, 1.165) is 5.56 Å². The number of aryl methyl sites for hydroxylation is 1. The molecular weight excluding hydrogens is 420 g/mol. The van der Waals surface area contributed by atoms with Crippen molar-refractivity contribution in [3.05, 3.63) is 89.3 Å². The van der Waals surface area contributed by atoms with Gasteiger partial charge in [0.25, 0.3) is 11.7 Å². The molecule has 0 bridgehead atoms. The highest BCUT2D eigenvalue weighted by Crippen LogP contribution is 2.44. The van der Waals surface area contributed by atoms with Gasteiger partial charge >= 0.3 is 0 Å². The molecule has 0 radical (unpaired) electrons. The number of carbonyl (C=O) groups excluding carboxylic acids is 2. The maximum absolute atomic E-state index is 13.2. The van der Waals surface area contributed by atoms with Crippen LogP contribution in [0.1, 0.15) is 36.7 Å². The lowest BCUT2D eigenvalue weighted by atomic mass is 9.98. The van der Waals surface area contributed by atoms with E-state index < -0.39 is 17.7 Å². The Bertz CT molecular complexity index is 1230. The average molecular weight is 444 g/mol. The fraction of sp³-hybridized carbons (Fsp3) is 0.192. The van der Waals surface area contributed by atoms with Crippen LogP contribution in [0.5, 0.6) is 11.5 Å². The number of amides is 1. The summed E-state index contributed by atoms with van der Waals surface area (Å²) in [5, 5.41) is 21.6. The third kappa shape index (κ3) is 4.17. The number of aromatic hydroxyl groups is 1. The fourth-order valence-corrected chi connectivity index (χ4v) is 3.84. The van der Waals surface area contributed by atoms with E-state index in [4.69, 9.17) is 4.74 Å². The van der Waals surface area contributed by atoms with Gasteiger partial charge in [0.15, 0.2) is 0 Å². The van der Waals surface area contributed by atoms with Crippen molar-refractivity contribution in [2.24, 2.45) is 0 Å². The fourth-order valence-electron chi connectivity index (χ4n) is 3.84. The predicted molar refractivity (Wildman–Crippen MR) is 124 cm³/mol. The number of hydrogen-bond donors (Lipinski definition) is 2. The molecule has 1 aromatic heterocycles. The highest BCUT2D eigenvalue weighted by atomic mass is 16.5. The lowest BCUT2D eigenvalue weighted by Gasteiger charge is -2.25. The smallest absolute Gasteiger partial charge is 0.300 e. The van der Waals surface area contributed by atoms with Crippen LogP contribution in [0.15, 0.2) is 72.4 Å². The predicted octanol–water partition coefficient (Wildman–Crippen LogP) is 4.51. The van der Waals surface area contributed by atoms with Gasteiger partial charge in [-0.05, 0) is 74.9 Å². The number of benzene rings is 2. The number of nitrogens with zero attached hydrogens (tertiary/aromatic N) is 2. The van der Waals surface area contributed by atoms with Crippen LogP contribution in [0.2, 0.25) is 0 Å². The summed E-state index contributed by atoms with van der Waals surface area (Å²) in [5.41, 5.74) is 1.62. The summed E-state index contributed by atoms with van der Waals surface area (Å²) in [5.74, 6) is -1.57. The number of Topliss-reactive ketones (excluding diaryl/α,β-unsaturated/α-hetero) is 1. The van der Waals surface area contributed by atoms with Gasteiger partial charge in [-0.25, -0.2) is 0 Å². The maximum atomic E-state index is 13.2. The van der Waals surface area contributed by atoms with Crippen LogP contribution in [-0.2, 0) is 9.59 Å². The van der Waals surface area contributed by atoms with Crippen molar-refractivity contribution in [1.29, 1.82) is 0 Å². The Labute approximate surface area is 191 Å². The quantitative estimate of drug-likeness (QED) is 0.341. The highest BCUT2D eigenvalue weighted by Gasteiger charge is 2.48. The molecule has 4 rings (SSSR count). The van der Waals surface area contributed by atoms with Crippen LogP contribution in [0, 0.1) is 6.92 Å². The zero-order chi connectivity index (χ0) is 23.7. The van der Waals surface area contributed by atoms with Crippen LogP contribution in [0.3, 0.4) is 0 Å². The van der Waals surface area contributed by atoms with Gasteiger partial charge < -0.3 is 14.9 Å². The van der Waals surface area contributed by atoms with Gasteiger partial charge in [-0.3, -0.25) is 19.5 Å². The molecule has 1 aliphatic heterocycles. The second-order valence-electron chi connectivity index (χ2n) is 8.11. The summed E-state index contributed by atoms with van der Waals surface area (Å²) in [6, 6.07) is 15.5. The Morgan fingerprint density at radius 3 is 2.42 bits per heavy atom. The van der Waals surface area contributed by atoms with Crippen molar-refractivity contribution >= 4 is 23.1 Å². The Balaban J connectivity index is 1.88. The van der Waals surface area contributed by atoms with Gasteiger partial charge in [-0.15, -0.1) is 0 Å². The first-order chi connectivity index (χ1) is 15.8. The van der Waals surface area contributed by atoms with Crippen LogP contribution in [0.25, 0.3) is 5.76 Å². The van der Waals surface area contributed by atoms with E-state index >= 15 is 0 Å². The second kappa shape index (κ2) is 8.78. The van der Waals surface area contributed by atoms with Gasteiger partial charge in [-0.1, -0.05) is 12.1 Å². The van der Waals surface area contributed by atoms with Crippen LogP contribution in [-0.4, -0.2) is 33.0 Å². The normalized spacial score (nSPS) is 17.6. The molecule has 0 saturated carbocycles. The summed E-state index contributed by atoms with van der Waals surface area (Å²) >= 11 is 0. The van der Waals surface area contributed by atoms with E-state index in [9.17, 15) is 19.8 Å². The molecule has 1 amide bonds. The highest BCUT2D eigenvalue weighted by molar-refractivity contribution is 6.51. The summed E-state index contributed by atoms with van der Waals surface area (Å²) in [4.78, 5) is 31.8. The molecule has 33 heavy (non-hydrogen) atoms. The molecule has 2 heterocycles.